The molecule has 6 nitrogen and oxygen atoms in total. The Morgan fingerprint density at radius 1 is 1.43 bits per heavy atom. The van der Waals surface area contributed by atoms with E-state index >= 15 is 0 Å². The van der Waals surface area contributed by atoms with Gasteiger partial charge in [-0.15, -0.1) is 0 Å². The molecule has 0 radical (unpaired) electrons. The number of aryl methyl sites for hydroxylation is 2. The smallest absolute Gasteiger partial charge is 0.336 e. The molecule has 1 aliphatic carbocycles. The van der Waals surface area contributed by atoms with Gasteiger partial charge in [-0.1, -0.05) is 0 Å². The summed E-state index contributed by atoms with van der Waals surface area (Å²) in [6.07, 6.45) is -0.703. The van der Waals surface area contributed by atoms with Gasteiger partial charge in [0.25, 0.3) is 5.91 Å². The second-order valence-corrected chi connectivity index (χ2v) is 5.72. The lowest BCUT2D eigenvalue weighted by molar-refractivity contribution is -0.142. The molecule has 1 amide bonds. The van der Waals surface area contributed by atoms with Gasteiger partial charge in [-0.3, -0.25) is 14.6 Å². The highest BCUT2D eigenvalue weighted by Crippen LogP contribution is 2.31. The van der Waals surface area contributed by atoms with Crippen LogP contribution in [-0.2, 0) is 32.6 Å². The number of carbonyl (C=O) groups excluding carboxylic acids is 1. The first-order valence-electron chi connectivity index (χ1n) is 7.18. The maximum absolute atomic E-state index is 13.0. The van der Waals surface area contributed by atoms with Gasteiger partial charge in [0.05, 0.1) is 0 Å². The first-order valence-corrected chi connectivity index (χ1v) is 7.18. The van der Waals surface area contributed by atoms with E-state index < -0.39 is 11.9 Å². The number of halogens is 3. The van der Waals surface area contributed by atoms with E-state index in [1.54, 1.807) is 0 Å². The zero-order valence-corrected chi connectivity index (χ0v) is 12.7. The monoisotopic (exact) mass is 327 g/mol. The van der Waals surface area contributed by atoms with Crippen molar-refractivity contribution in [3.8, 4) is 0 Å². The zero-order chi connectivity index (χ0) is 16.8. The Labute approximate surface area is 130 Å². The van der Waals surface area contributed by atoms with Crippen molar-refractivity contribution < 1.29 is 18.0 Å². The predicted octanol–water partition coefficient (Wildman–Crippen LogP) is 1.92. The number of fused-ring (bicyclic) bond motifs is 1. The number of nitrogens with one attached hydrogen (secondary N) is 1. The van der Waals surface area contributed by atoms with Crippen LogP contribution in [0, 0.1) is 0 Å². The van der Waals surface area contributed by atoms with E-state index in [0.717, 1.165) is 35.2 Å². The van der Waals surface area contributed by atoms with Crippen LogP contribution >= 0.6 is 0 Å². The molecule has 2 aromatic rings. The fraction of sp³-hybridized carbons (Fsp3) is 0.500. The van der Waals surface area contributed by atoms with Crippen LogP contribution in [-0.4, -0.2) is 37.8 Å². The molecule has 0 atom stereocenters. The molecular weight excluding hydrogens is 311 g/mol. The van der Waals surface area contributed by atoms with Crippen molar-refractivity contribution in [3.63, 3.8) is 0 Å². The molecule has 2 heterocycles. The van der Waals surface area contributed by atoms with Crippen molar-refractivity contribution in [1.82, 2.24) is 24.9 Å². The third kappa shape index (κ3) is 2.82. The number of amides is 1. The van der Waals surface area contributed by atoms with Gasteiger partial charge < -0.3 is 4.90 Å². The summed E-state index contributed by atoms with van der Waals surface area (Å²) in [6, 6.07) is 0. The second kappa shape index (κ2) is 5.39. The van der Waals surface area contributed by atoms with Gasteiger partial charge in [-0.25, -0.2) is 0 Å². The molecule has 2 aromatic heterocycles. The van der Waals surface area contributed by atoms with E-state index in [0.29, 0.717) is 5.69 Å². The normalized spacial score (nSPS) is 14.1. The van der Waals surface area contributed by atoms with Gasteiger partial charge in [-0.05, 0) is 19.3 Å². The maximum Gasteiger partial charge on any atom is 0.435 e. The molecule has 23 heavy (non-hydrogen) atoms. The highest BCUT2D eigenvalue weighted by molar-refractivity contribution is 5.94. The summed E-state index contributed by atoms with van der Waals surface area (Å²) in [6.45, 7) is -0.177. The quantitative estimate of drug-likeness (QED) is 0.937. The topological polar surface area (TPSA) is 66.8 Å². The van der Waals surface area contributed by atoms with Crippen LogP contribution in [0.3, 0.4) is 0 Å². The van der Waals surface area contributed by atoms with Gasteiger partial charge in [0.15, 0.2) is 11.4 Å². The fourth-order valence-corrected chi connectivity index (χ4v) is 2.90. The van der Waals surface area contributed by atoms with Crippen molar-refractivity contribution in [3.05, 3.63) is 34.4 Å². The Hall–Kier alpha value is -2.32. The molecule has 0 spiro atoms. The average Bonchev–Trinajstić information content (AvgIpc) is 3.11. The van der Waals surface area contributed by atoms with Gasteiger partial charge >= 0.3 is 6.18 Å². The van der Waals surface area contributed by atoms with E-state index in [4.69, 9.17) is 0 Å². The highest BCUT2D eigenvalue weighted by atomic mass is 19.4. The molecule has 0 unspecified atom stereocenters. The molecule has 1 N–H and O–H groups in total. The molecule has 3 rings (SSSR count). The molecule has 0 saturated carbocycles. The number of hydrogen-bond acceptors (Lipinski definition) is 3. The van der Waals surface area contributed by atoms with E-state index in [9.17, 15) is 18.0 Å². The first-order chi connectivity index (χ1) is 10.8. The number of rotatable bonds is 3. The molecule has 0 saturated heterocycles. The molecule has 0 fully saturated rings. The lowest BCUT2D eigenvalue weighted by Crippen LogP contribution is -2.28. The minimum Gasteiger partial charge on any atom is -0.336 e. The minimum absolute atomic E-state index is 0.0389. The van der Waals surface area contributed by atoms with Crippen LogP contribution in [0.4, 0.5) is 13.2 Å². The summed E-state index contributed by atoms with van der Waals surface area (Å²) in [7, 11) is 2.88. The van der Waals surface area contributed by atoms with Crippen LogP contribution in [0.1, 0.15) is 39.4 Å². The minimum atomic E-state index is -4.55. The first kappa shape index (κ1) is 15.6. The molecule has 1 aliphatic rings. The molecule has 0 aromatic carbocycles. The summed E-state index contributed by atoms with van der Waals surface area (Å²) in [4.78, 5) is 13.7. The number of alkyl halides is 3. The Balaban J connectivity index is 1.82. The predicted molar refractivity (Wildman–Crippen MR) is 74.6 cm³/mol. The number of nitrogens with zero attached hydrogens (tertiary/aromatic N) is 4. The van der Waals surface area contributed by atoms with Gasteiger partial charge in [0.1, 0.15) is 0 Å². The number of hydrogen-bond donors (Lipinski definition) is 1. The Bertz CT molecular complexity index is 746. The standard InChI is InChI=1S/C14H16F3N5O/c1-21(6-8-7-22(2)20-12(8)14(15,16)17)13(23)11-9-4-3-5-10(9)18-19-11/h7H,3-6H2,1-2H3,(H,18,19). The van der Waals surface area contributed by atoms with Crippen molar-refractivity contribution in [2.24, 2.45) is 7.05 Å². The number of carbonyl (C=O) groups is 1. The molecule has 0 aliphatic heterocycles. The fourth-order valence-electron chi connectivity index (χ4n) is 2.90. The molecule has 124 valence electrons. The number of H-pyrrole nitrogens is 1. The van der Waals surface area contributed by atoms with Crippen LogP contribution < -0.4 is 0 Å². The average molecular weight is 327 g/mol. The van der Waals surface area contributed by atoms with E-state index in [-0.39, 0.29) is 18.0 Å². The third-order valence-corrected chi connectivity index (χ3v) is 3.94. The Kier molecular flexibility index (Phi) is 3.65. The molecular formula is C14H16F3N5O. The SMILES string of the molecule is CN(Cc1cn(C)nc1C(F)(F)F)C(=O)c1n[nH]c2c1CCC2. The Morgan fingerprint density at radius 2 is 2.17 bits per heavy atom. The summed E-state index contributed by atoms with van der Waals surface area (Å²) >= 11 is 0. The van der Waals surface area contributed by atoms with Crippen LogP contribution in [0.15, 0.2) is 6.20 Å². The van der Waals surface area contributed by atoms with Gasteiger partial charge in [0.2, 0.25) is 0 Å². The maximum atomic E-state index is 13.0. The van der Waals surface area contributed by atoms with E-state index in [1.807, 2.05) is 0 Å². The van der Waals surface area contributed by atoms with E-state index in [1.165, 1.54) is 25.2 Å². The van der Waals surface area contributed by atoms with Crippen LogP contribution in [0.2, 0.25) is 0 Å². The summed E-state index contributed by atoms with van der Waals surface area (Å²) in [5.74, 6) is -0.388. The third-order valence-electron chi connectivity index (χ3n) is 3.94. The summed E-state index contributed by atoms with van der Waals surface area (Å²) in [5.41, 5.74) is 1.12. The lowest BCUT2D eigenvalue weighted by Gasteiger charge is -2.17. The highest BCUT2D eigenvalue weighted by Gasteiger charge is 2.37. The summed E-state index contributed by atoms with van der Waals surface area (Å²) < 4.78 is 40.0. The Morgan fingerprint density at radius 3 is 2.87 bits per heavy atom. The van der Waals surface area contributed by atoms with Crippen LogP contribution in [0.5, 0.6) is 0 Å². The van der Waals surface area contributed by atoms with Gasteiger partial charge in [0, 0.05) is 43.7 Å². The van der Waals surface area contributed by atoms with E-state index in [2.05, 4.69) is 15.3 Å². The number of aromatic amines is 1. The molecule has 0 bridgehead atoms. The van der Waals surface area contributed by atoms with Crippen molar-refractivity contribution in [2.75, 3.05) is 7.05 Å². The largest absolute Gasteiger partial charge is 0.435 e. The number of aromatic nitrogens is 4. The van der Waals surface area contributed by atoms with Crippen molar-refractivity contribution in [1.29, 1.82) is 0 Å². The second-order valence-electron chi connectivity index (χ2n) is 5.72. The zero-order valence-electron chi connectivity index (χ0n) is 12.7. The summed E-state index contributed by atoms with van der Waals surface area (Å²) in [5, 5.41) is 10.3. The van der Waals surface area contributed by atoms with Crippen molar-refractivity contribution >= 4 is 5.91 Å². The van der Waals surface area contributed by atoms with Gasteiger partial charge in [-0.2, -0.15) is 23.4 Å². The lowest BCUT2D eigenvalue weighted by atomic mass is 10.1. The molecule has 9 heteroatoms. The van der Waals surface area contributed by atoms with Crippen LogP contribution in [0.25, 0.3) is 0 Å². The van der Waals surface area contributed by atoms with Crippen molar-refractivity contribution in [2.45, 2.75) is 32.0 Å².